The van der Waals surface area contributed by atoms with Crippen molar-refractivity contribution in [3.8, 4) is 5.75 Å². The summed E-state index contributed by atoms with van der Waals surface area (Å²) in [6.45, 7) is 2.94. The molecule has 4 aromatic rings. The number of nitrogens with zero attached hydrogens (tertiary/aromatic N) is 2. The summed E-state index contributed by atoms with van der Waals surface area (Å²) < 4.78 is 12.6. The fourth-order valence-electron chi connectivity index (χ4n) is 3.21. The average molecular weight is 350 g/mol. The number of fused-ring (bicyclic) bond motifs is 4. The second kappa shape index (κ2) is 5.32. The normalized spacial score (nSPS) is 13.9. The van der Waals surface area contributed by atoms with Gasteiger partial charge in [-0.05, 0) is 36.8 Å². The maximum atomic E-state index is 11.8. The third kappa shape index (κ3) is 2.29. The van der Waals surface area contributed by atoms with E-state index in [1.54, 1.807) is 11.3 Å². The van der Waals surface area contributed by atoms with Crippen molar-refractivity contribution in [1.82, 2.24) is 4.98 Å². The molecule has 0 spiro atoms. The zero-order chi connectivity index (χ0) is 17.0. The summed E-state index contributed by atoms with van der Waals surface area (Å²) in [5.41, 5.74) is 3.05. The SMILES string of the molecule is Cc1cc(=O)oc2c3c(ccc12)OCN(c1nc2ccccc2s1)C3. The predicted molar refractivity (Wildman–Crippen MR) is 98.5 cm³/mol. The van der Waals surface area contributed by atoms with Crippen LogP contribution in [-0.4, -0.2) is 11.7 Å². The minimum atomic E-state index is -0.337. The maximum Gasteiger partial charge on any atom is 0.336 e. The van der Waals surface area contributed by atoms with E-state index in [0.717, 1.165) is 37.6 Å². The summed E-state index contributed by atoms with van der Waals surface area (Å²) in [4.78, 5) is 18.6. The van der Waals surface area contributed by atoms with Gasteiger partial charge in [0, 0.05) is 11.5 Å². The monoisotopic (exact) mass is 350 g/mol. The first-order chi connectivity index (χ1) is 12.2. The average Bonchev–Trinajstić information content (AvgIpc) is 3.05. The first kappa shape index (κ1) is 14.5. The van der Waals surface area contributed by atoms with Crippen molar-refractivity contribution in [2.75, 3.05) is 11.6 Å². The van der Waals surface area contributed by atoms with Gasteiger partial charge in [0.25, 0.3) is 0 Å². The Morgan fingerprint density at radius 2 is 2.08 bits per heavy atom. The predicted octanol–water partition coefficient (Wildman–Crippen LogP) is 4.07. The summed E-state index contributed by atoms with van der Waals surface area (Å²) in [5.74, 6) is 0.763. The smallest absolute Gasteiger partial charge is 0.336 e. The third-order valence-corrected chi connectivity index (χ3v) is 5.55. The molecule has 0 aliphatic carbocycles. The van der Waals surface area contributed by atoms with Crippen LogP contribution >= 0.6 is 11.3 Å². The van der Waals surface area contributed by atoms with Gasteiger partial charge in [-0.25, -0.2) is 9.78 Å². The van der Waals surface area contributed by atoms with Crippen LogP contribution in [0.5, 0.6) is 5.75 Å². The van der Waals surface area contributed by atoms with Gasteiger partial charge in [-0.15, -0.1) is 0 Å². The number of para-hydroxylation sites is 1. The van der Waals surface area contributed by atoms with Crippen LogP contribution in [-0.2, 0) is 6.54 Å². The molecule has 1 aliphatic rings. The van der Waals surface area contributed by atoms with Crippen LogP contribution in [0.3, 0.4) is 0 Å². The molecule has 5 nitrogen and oxygen atoms in total. The molecule has 1 aliphatic heterocycles. The van der Waals surface area contributed by atoms with Gasteiger partial charge < -0.3 is 14.1 Å². The van der Waals surface area contributed by atoms with E-state index in [1.807, 2.05) is 37.3 Å². The molecular formula is C19H14N2O3S. The molecule has 25 heavy (non-hydrogen) atoms. The van der Waals surface area contributed by atoms with Crippen molar-refractivity contribution in [1.29, 1.82) is 0 Å². The molecular weight excluding hydrogens is 336 g/mol. The zero-order valence-corrected chi connectivity index (χ0v) is 14.3. The van der Waals surface area contributed by atoms with E-state index >= 15 is 0 Å². The minimum absolute atomic E-state index is 0.337. The molecule has 0 fully saturated rings. The summed E-state index contributed by atoms with van der Waals surface area (Å²) in [6.07, 6.45) is 0. The summed E-state index contributed by atoms with van der Waals surface area (Å²) >= 11 is 1.63. The molecule has 0 saturated heterocycles. The van der Waals surface area contributed by atoms with Crippen LogP contribution in [0.2, 0.25) is 0 Å². The zero-order valence-electron chi connectivity index (χ0n) is 13.5. The maximum absolute atomic E-state index is 11.8. The standard InChI is InChI=1S/C19H14N2O3S/c1-11-8-17(22)24-18-12(11)6-7-15-13(18)9-21(10-23-15)19-20-14-4-2-3-5-16(14)25-19/h2-8H,9-10H2,1H3. The quantitative estimate of drug-likeness (QED) is 0.485. The Bertz CT molecular complexity index is 1150. The summed E-state index contributed by atoms with van der Waals surface area (Å²) in [5, 5.41) is 1.84. The molecule has 2 aromatic heterocycles. The molecule has 0 unspecified atom stereocenters. The van der Waals surface area contributed by atoms with Gasteiger partial charge in [-0.2, -0.15) is 0 Å². The molecule has 3 heterocycles. The summed E-state index contributed by atoms with van der Waals surface area (Å²) in [7, 11) is 0. The van der Waals surface area contributed by atoms with Gasteiger partial charge >= 0.3 is 5.63 Å². The largest absolute Gasteiger partial charge is 0.473 e. The second-order valence-corrected chi connectivity index (χ2v) is 7.11. The van der Waals surface area contributed by atoms with Crippen LogP contribution in [0.1, 0.15) is 11.1 Å². The Labute approximate surface area is 147 Å². The van der Waals surface area contributed by atoms with E-state index in [9.17, 15) is 4.79 Å². The number of benzene rings is 2. The Morgan fingerprint density at radius 1 is 1.20 bits per heavy atom. The number of rotatable bonds is 1. The van der Waals surface area contributed by atoms with Crippen molar-refractivity contribution in [2.45, 2.75) is 13.5 Å². The fourth-order valence-corrected chi connectivity index (χ4v) is 4.16. The highest BCUT2D eigenvalue weighted by atomic mass is 32.1. The van der Waals surface area contributed by atoms with Gasteiger partial charge in [-0.1, -0.05) is 23.5 Å². The van der Waals surface area contributed by atoms with Gasteiger partial charge in [0.1, 0.15) is 11.3 Å². The molecule has 0 bridgehead atoms. The van der Waals surface area contributed by atoms with E-state index < -0.39 is 0 Å². The molecule has 0 saturated carbocycles. The van der Waals surface area contributed by atoms with Crippen molar-refractivity contribution in [2.24, 2.45) is 0 Å². The molecule has 5 rings (SSSR count). The van der Waals surface area contributed by atoms with Crippen LogP contribution in [0.25, 0.3) is 21.2 Å². The van der Waals surface area contributed by atoms with Crippen molar-refractivity contribution in [3.05, 3.63) is 64.0 Å². The van der Waals surface area contributed by atoms with Crippen LogP contribution < -0.4 is 15.3 Å². The van der Waals surface area contributed by atoms with E-state index in [4.69, 9.17) is 14.1 Å². The number of anilines is 1. The highest BCUT2D eigenvalue weighted by Gasteiger charge is 2.24. The molecule has 2 aromatic carbocycles. The molecule has 0 radical (unpaired) electrons. The topological polar surface area (TPSA) is 55.6 Å². The lowest BCUT2D eigenvalue weighted by atomic mass is 10.1. The van der Waals surface area contributed by atoms with E-state index in [0.29, 0.717) is 18.9 Å². The van der Waals surface area contributed by atoms with E-state index in [-0.39, 0.29) is 5.63 Å². The highest BCUT2D eigenvalue weighted by Crippen LogP contribution is 2.36. The first-order valence-corrected chi connectivity index (χ1v) is 8.80. The highest BCUT2D eigenvalue weighted by molar-refractivity contribution is 7.22. The van der Waals surface area contributed by atoms with E-state index in [2.05, 4.69) is 11.0 Å². The lowest BCUT2D eigenvalue weighted by Gasteiger charge is -2.29. The van der Waals surface area contributed by atoms with Crippen molar-refractivity contribution >= 4 is 37.7 Å². The number of hydrogen-bond donors (Lipinski definition) is 0. The molecule has 6 heteroatoms. The Hall–Kier alpha value is -2.86. The molecule has 0 N–H and O–H groups in total. The van der Waals surface area contributed by atoms with Gasteiger partial charge in [-0.3, -0.25) is 0 Å². The van der Waals surface area contributed by atoms with Crippen molar-refractivity contribution < 1.29 is 9.15 Å². The lowest BCUT2D eigenvalue weighted by Crippen LogP contribution is -2.32. The molecule has 0 atom stereocenters. The van der Waals surface area contributed by atoms with Gasteiger partial charge in [0.15, 0.2) is 11.9 Å². The lowest BCUT2D eigenvalue weighted by molar-refractivity contribution is 0.289. The number of hydrogen-bond acceptors (Lipinski definition) is 6. The fraction of sp³-hybridized carbons (Fsp3) is 0.158. The van der Waals surface area contributed by atoms with E-state index in [1.165, 1.54) is 6.07 Å². The molecule has 124 valence electrons. The number of aryl methyl sites for hydroxylation is 1. The number of ether oxygens (including phenoxy) is 1. The van der Waals surface area contributed by atoms with Gasteiger partial charge in [0.2, 0.25) is 0 Å². The van der Waals surface area contributed by atoms with Crippen LogP contribution in [0.4, 0.5) is 5.13 Å². The third-order valence-electron chi connectivity index (χ3n) is 4.46. The summed E-state index contributed by atoms with van der Waals surface area (Å²) in [6, 6.07) is 13.5. The Balaban J connectivity index is 1.63. The van der Waals surface area contributed by atoms with Crippen LogP contribution in [0, 0.1) is 6.92 Å². The second-order valence-electron chi connectivity index (χ2n) is 6.10. The first-order valence-electron chi connectivity index (χ1n) is 7.99. The number of aromatic nitrogens is 1. The van der Waals surface area contributed by atoms with Crippen LogP contribution in [0.15, 0.2) is 51.7 Å². The van der Waals surface area contributed by atoms with Crippen molar-refractivity contribution in [3.63, 3.8) is 0 Å². The minimum Gasteiger partial charge on any atom is -0.473 e. The van der Waals surface area contributed by atoms with Gasteiger partial charge in [0.05, 0.1) is 22.3 Å². The number of thiazole rings is 1. The Kier molecular flexibility index (Phi) is 3.08. The molecule has 0 amide bonds. The Morgan fingerprint density at radius 3 is 2.96 bits per heavy atom.